The monoisotopic (exact) mass is 544 g/mol. The fourth-order valence-corrected chi connectivity index (χ4v) is 6.89. The number of aliphatic carboxylic acids is 1. The molecule has 0 radical (unpaired) electrons. The quantitative estimate of drug-likeness (QED) is 0.244. The summed E-state index contributed by atoms with van der Waals surface area (Å²) in [4.78, 5) is 19.8. The molecule has 4 aromatic rings. The number of halogens is 3. The summed E-state index contributed by atoms with van der Waals surface area (Å²) in [6.45, 7) is 1.89. The van der Waals surface area contributed by atoms with E-state index in [0.717, 1.165) is 43.4 Å². The number of hydrogen-bond donors (Lipinski definition) is 3. The Morgan fingerprint density at radius 2 is 1.85 bits per heavy atom. The lowest BCUT2D eigenvalue weighted by molar-refractivity contribution is -0.149. The first kappa shape index (κ1) is 25.9. The number of aromatic amines is 1. The second-order valence-corrected chi connectivity index (χ2v) is 11.0. The number of nitrogens with zero attached hydrogens (tertiary/aromatic N) is 2. The molecule has 6 nitrogen and oxygen atoms in total. The largest absolute Gasteiger partial charge is 0.481 e. The predicted molar refractivity (Wildman–Crippen MR) is 145 cm³/mol. The molecule has 0 aliphatic heterocycles. The van der Waals surface area contributed by atoms with Crippen LogP contribution in [0.4, 0.5) is 19.0 Å². The zero-order chi connectivity index (χ0) is 28.2. The van der Waals surface area contributed by atoms with Crippen LogP contribution in [0.3, 0.4) is 0 Å². The van der Waals surface area contributed by atoms with Gasteiger partial charge in [-0.3, -0.25) is 4.79 Å². The van der Waals surface area contributed by atoms with Crippen molar-refractivity contribution in [3.05, 3.63) is 71.2 Å². The van der Waals surface area contributed by atoms with Crippen LogP contribution in [0.15, 0.2) is 42.6 Å². The number of nitriles is 1. The van der Waals surface area contributed by atoms with Gasteiger partial charge in [-0.2, -0.15) is 5.26 Å². The van der Waals surface area contributed by atoms with Crippen molar-refractivity contribution in [1.82, 2.24) is 9.97 Å². The Morgan fingerprint density at radius 3 is 2.50 bits per heavy atom. The van der Waals surface area contributed by atoms with Crippen LogP contribution in [0.2, 0.25) is 0 Å². The minimum absolute atomic E-state index is 0.00679. The van der Waals surface area contributed by atoms with E-state index in [9.17, 15) is 23.9 Å². The van der Waals surface area contributed by atoms with Gasteiger partial charge in [0.15, 0.2) is 11.6 Å². The summed E-state index contributed by atoms with van der Waals surface area (Å²) in [6, 6.07) is 11.0. The number of pyridine rings is 1. The first-order chi connectivity index (χ1) is 19.2. The number of rotatable bonds is 5. The van der Waals surface area contributed by atoms with E-state index in [1.54, 1.807) is 24.3 Å². The molecule has 2 heterocycles. The molecule has 9 heteroatoms. The molecule has 2 fully saturated rings. The van der Waals surface area contributed by atoms with Crippen LogP contribution in [0.5, 0.6) is 0 Å². The highest BCUT2D eigenvalue weighted by atomic mass is 19.1. The van der Waals surface area contributed by atoms with Crippen molar-refractivity contribution in [2.45, 2.75) is 51.0 Å². The van der Waals surface area contributed by atoms with Crippen molar-refractivity contribution >= 4 is 22.7 Å². The number of carbonyl (C=O) groups is 1. The van der Waals surface area contributed by atoms with Gasteiger partial charge in [0.25, 0.3) is 0 Å². The molecule has 0 amide bonds. The number of carboxylic acid groups (broad SMARTS) is 1. The zero-order valence-electron chi connectivity index (χ0n) is 21.8. The Bertz CT molecular complexity index is 1680. The first-order valence-electron chi connectivity index (χ1n) is 13.4. The summed E-state index contributed by atoms with van der Waals surface area (Å²) >= 11 is 0. The van der Waals surface area contributed by atoms with Crippen LogP contribution in [0.25, 0.3) is 33.3 Å². The average Bonchev–Trinajstić information content (AvgIpc) is 3.33. The topological polar surface area (TPSA) is 102 Å². The predicted octanol–water partition coefficient (Wildman–Crippen LogP) is 7.33. The third kappa shape index (κ3) is 4.10. The van der Waals surface area contributed by atoms with E-state index in [1.165, 1.54) is 6.20 Å². The molecular weight excluding hydrogens is 517 g/mol. The number of fused-ring (bicyclic) bond motifs is 3. The normalized spacial score (nSPS) is 22.2. The van der Waals surface area contributed by atoms with E-state index in [4.69, 9.17) is 0 Å². The fraction of sp³-hybridized carbons (Fsp3) is 0.323. The summed E-state index contributed by atoms with van der Waals surface area (Å²) in [5.74, 6) is -4.22. The van der Waals surface area contributed by atoms with Crippen molar-refractivity contribution in [1.29, 1.82) is 5.26 Å². The Morgan fingerprint density at radius 1 is 1.15 bits per heavy atom. The molecule has 3 N–H and O–H groups in total. The van der Waals surface area contributed by atoms with Gasteiger partial charge in [-0.15, -0.1) is 0 Å². The highest BCUT2D eigenvalue weighted by molar-refractivity contribution is 5.98. The molecule has 2 aliphatic carbocycles. The van der Waals surface area contributed by atoms with Gasteiger partial charge in [-0.1, -0.05) is 42.7 Å². The van der Waals surface area contributed by atoms with Crippen LogP contribution in [0.1, 0.15) is 49.7 Å². The molecule has 1 atom stereocenters. The van der Waals surface area contributed by atoms with Gasteiger partial charge in [0.2, 0.25) is 0 Å². The second-order valence-electron chi connectivity index (χ2n) is 11.0. The number of nitrogens with one attached hydrogen (secondary N) is 2. The highest BCUT2D eigenvalue weighted by Gasteiger charge is 2.52. The minimum Gasteiger partial charge on any atom is -0.481 e. The van der Waals surface area contributed by atoms with Crippen molar-refractivity contribution in [2.75, 3.05) is 5.32 Å². The van der Waals surface area contributed by atoms with Gasteiger partial charge >= 0.3 is 5.97 Å². The zero-order valence-corrected chi connectivity index (χ0v) is 21.8. The molecule has 2 aliphatic rings. The van der Waals surface area contributed by atoms with Crippen molar-refractivity contribution in [3.63, 3.8) is 0 Å². The molecule has 2 aromatic heterocycles. The Kier molecular flexibility index (Phi) is 6.29. The molecule has 2 bridgehead atoms. The van der Waals surface area contributed by atoms with Crippen LogP contribution in [-0.2, 0) is 4.79 Å². The van der Waals surface area contributed by atoms with Crippen LogP contribution in [0, 0.1) is 47.5 Å². The van der Waals surface area contributed by atoms with E-state index in [1.807, 2.05) is 6.92 Å². The van der Waals surface area contributed by atoms with Crippen LogP contribution >= 0.6 is 0 Å². The standard InChI is InChI=1S/C31H27F3N4O2/c1-16-6-8-17(9-7-16)24-21(14-35)27(22-15-36-28-20(22)12-19(32)13-23(28)33)37-29(26(24)34)38-31-10-2-4-18(5-3-11-31)25(31)30(39)40/h6-9,12-13,15,18,25,36H,2-5,10-11H2,1H3,(H,37,38)(H,39,40). The molecule has 0 spiro atoms. The second kappa shape index (κ2) is 9.70. The lowest BCUT2D eigenvalue weighted by Gasteiger charge is -2.50. The van der Waals surface area contributed by atoms with E-state index < -0.39 is 34.9 Å². The first-order valence-corrected chi connectivity index (χ1v) is 13.4. The molecule has 204 valence electrons. The van der Waals surface area contributed by atoms with Gasteiger partial charge in [0, 0.05) is 28.8 Å². The SMILES string of the molecule is Cc1ccc(-c2c(F)c(NC34CCCC(CCC3)C4C(=O)O)nc(-c3c[nH]c4c(F)cc(F)cc34)c2C#N)cc1. The van der Waals surface area contributed by atoms with Crippen LogP contribution < -0.4 is 5.32 Å². The maximum Gasteiger partial charge on any atom is 0.309 e. The number of aromatic nitrogens is 2. The highest BCUT2D eigenvalue weighted by Crippen LogP contribution is 2.50. The van der Waals surface area contributed by atoms with Gasteiger partial charge in [-0.05, 0) is 50.2 Å². The van der Waals surface area contributed by atoms with Gasteiger partial charge in [-0.25, -0.2) is 18.2 Å². The van der Waals surface area contributed by atoms with Crippen molar-refractivity contribution in [2.24, 2.45) is 11.8 Å². The van der Waals surface area contributed by atoms with Gasteiger partial charge < -0.3 is 15.4 Å². The number of hydrogen-bond acceptors (Lipinski definition) is 4. The Balaban J connectivity index is 1.61. The van der Waals surface area contributed by atoms with E-state index >= 15 is 4.39 Å². The summed E-state index contributed by atoms with van der Waals surface area (Å²) in [5.41, 5.74) is 0.684. The van der Waals surface area contributed by atoms with E-state index in [2.05, 4.69) is 21.4 Å². The van der Waals surface area contributed by atoms with E-state index in [0.29, 0.717) is 18.4 Å². The van der Waals surface area contributed by atoms with Crippen LogP contribution in [-0.4, -0.2) is 26.6 Å². The summed E-state index contributed by atoms with van der Waals surface area (Å²) < 4.78 is 45.4. The fourth-order valence-electron chi connectivity index (χ4n) is 6.89. The third-order valence-electron chi connectivity index (χ3n) is 8.65. The molecular formula is C31H27F3N4O2. The molecule has 6 rings (SSSR count). The molecule has 0 saturated heterocycles. The lowest BCUT2D eigenvalue weighted by Crippen LogP contribution is -2.57. The molecule has 40 heavy (non-hydrogen) atoms. The third-order valence-corrected chi connectivity index (χ3v) is 8.65. The van der Waals surface area contributed by atoms with Gasteiger partial charge in [0.05, 0.1) is 28.2 Å². The summed E-state index contributed by atoms with van der Waals surface area (Å²) in [7, 11) is 0. The summed E-state index contributed by atoms with van der Waals surface area (Å²) in [6.07, 6.45) is 5.72. The number of aryl methyl sites for hydroxylation is 1. The minimum atomic E-state index is -0.924. The van der Waals surface area contributed by atoms with Crippen molar-refractivity contribution in [3.8, 4) is 28.5 Å². The number of H-pyrrole nitrogens is 1. The number of anilines is 1. The Labute approximate surface area is 228 Å². The lowest BCUT2D eigenvalue weighted by atomic mass is 9.59. The molecule has 2 saturated carbocycles. The Hall–Kier alpha value is -4.32. The van der Waals surface area contributed by atoms with E-state index in [-0.39, 0.29) is 45.0 Å². The summed E-state index contributed by atoms with van der Waals surface area (Å²) in [5, 5.41) is 23.9. The molecule has 2 aromatic carbocycles. The maximum atomic E-state index is 16.5. The van der Waals surface area contributed by atoms with Crippen molar-refractivity contribution < 1.29 is 23.1 Å². The molecule has 1 unspecified atom stereocenters. The smallest absolute Gasteiger partial charge is 0.309 e. The average molecular weight is 545 g/mol. The van der Waals surface area contributed by atoms with Gasteiger partial charge in [0.1, 0.15) is 17.7 Å². The maximum absolute atomic E-state index is 16.5. The number of benzene rings is 2. The number of carboxylic acids is 1.